The molecule has 1 N–H and O–H groups in total. The molecule has 1 atom stereocenters. The smallest absolute Gasteiger partial charge is 0.371 e. The van der Waals surface area contributed by atoms with Gasteiger partial charge in [0, 0.05) is 21.6 Å². The van der Waals surface area contributed by atoms with Gasteiger partial charge in [0.25, 0.3) is 0 Å². The van der Waals surface area contributed by atoms with Gasteiger partial charge in [0.05, 0.1) is 5.75 Å². The maximum atomic E-state index is 11.6. The average molecular weight is 230 g/mol. The van der Waals surface area contributed by atoms with Crippen molar-refractivity contribution in [2.45, 2.75) is 31.8 Å². The minimum absolute atomic E-state index is 0.0626. The van der Waals surface area contributed by atoms with Gasteiger partial charge in [0.15, 0.2) is 0 Å². The maximum Gasteiger partial charge on any atom is 0.371 e. The summed E-state index contributed by atoms with van der Waals surface area (Å²) in [6, 6.07) is 1.44. The lowest BCUT2D eigenvalue weighted by Gasteiger charge is -2.03. The van der Waals surface area contributed by atoms with Crippen LogP contribution in [0.3, 0.4) is 0 Å². The molecule has 84 valence electrons. The van der Waals surface area contributed by atoms with E-state index in [2.05, 4.69) is 0 Å². The Hall–Kier alpha value is -1.10. The van der Waals surface area contributed by atoms with Crippen LogP contribution >= 0.6 is 0 Å². The molecule has 0 saturated carbocycles. The van der Waals surface area contributed by atoms with Crippen LogP contribution in [0.5, 0.6) is 0 Å². The highest BCUT2D eigenvalue weighted by atomic mass is 32.2. The van der Waals surface area contributed by atoms with Gasteiger partial charge >= 0.3 is 5.97 Å². The minimum Gasteiger partial charge on any atom is -0.475 e. The number of aromatic carboxylic acids is 1. The van der Waals surface area contributed by atoms with Crippen molar-refractivity contribution in [2.75, 3.05) is 0 Å². The fraction of sp³-hybridized carbons (Fsp3) is 0.500. The normalized spacial score (nSPS) is 13.1. The van der Waals surface area contributed by atoms with Gasteiger partial charge in [0.1, 0.15) is 5.76 Å². The summed E-state index contributed by atoms with van der Waals surface area (Å²) in [5.41, 5.74) is 0.708. The third-order valence-electron chi connectivity index (χ3n) is 2.05. The summed E-state index contributed by atoms with van der Waals surface area (Å²) in [6.07, 6.45) is 0. The molecule has 0 amide bonds. The molecule has 0 spiro atoms. The van der Waals surface area contributed by atoms with Gasteiger partial charge < -0.3 is 9.52 Å². The highest BCUT2D eigenvalue weighted by Crippen LogP contribution is 2.17. The van der Waals surface area contributed by atoms with Gasteiger partial charge in [-0.25, -0.2) is 4.79 Å². The number of carboxylic acids is 1. The first-order chi connectivity index (χ1) is 6.91. The molecule has 0 saturated heterocycles. The Morgan fingerprint density at radius 3 is 2.60 bits per heavy atom. The highest BCUT2D eigenvalue weighted by molar-refractivity contribution is 7.84. The van der Waals surface area contributed by atoms with Crippen molar-refractivity contribution in [2.24, 2.45) is 0 Å². The molecule has 0 aromatic carbocycles. The van der Waals surface area contributed by atoms with E-state index in [1.54, 1.807) is 6.92 Å². The lowest BCUT2D eigenvalue weighted by atomic mass is 10.3. The second kappa shape index (κ2) is 4.61. The van der Waals surface area contributed by atoms with E-state index in [1.807, 2.05) is 13.8 Å². The molecule has 0 fully saturated rings. The largest absolute Gasteiger partial charge is 0.475 e. The zero-order valence-electron chi connectivity index (χ0n) is 8.94. The second-order valence-corrected chi connectivity index (χ2v) is 5.56. The third kappa shape index (κ3) is 2.92. The second-order valence-electron chi connectivity index (χ2n) is 3.57. The summed E-state index contributed by atoms with van der Waals surface area (Å²) >= 11 is 0. The fourth-order valence-corrected chi connectivity index (χ4v) is 2.01. The number of rotatable bonds is 4. The number of carboxylic acid groups (broad SMARTS) is 1. The Morgan fingerprint density at radius 2 is 2.20 bits per heavy atom. The zero-order chi connectivity index (χ0) is 11.6. The van der Waals surface area contributed by atoms with Gasteiger partial charge in [-0.2, -0.15) is 0 Å². The molecule has 0 aliphatic carbocycles. The standard InChI is InChI=1S/C10H14O4S/c1-6(2)15(13)5-8-4-9(10(11)12)14-7(8)3/h4,6H,5H2,1-3H3,(H,11,12). The van der Waals surface area contributed by atoms with E-state index in [4.69, 9.17) is 9.52 Å². The molecule has 4 nitrogen and oxygen atoms in total. The van der Waals surface area contributed by atoms with Crippen molar-refractivity contribution in [1.29, 1.82) is 0 Å². The lowest BCUT2D eigenvalue weighted by Crippen LogP contribution is -2.08. The third-order valence-corrected chi connectivity index (χ3v) is 3.70. The van der Waals surface area contributed by atoms with E-state index in [0.29, 0.717) is 17.1 Å². The Morgan fingerprint density at radius 1 is 1.60 bits per heavy atom. The SMILES string of the molecule is Cc1oc(C(=O)O)cc1CS(=O)C(C)C. The van der Waals surface area contributed by atoms with Gasteiger partial charge in [-0.3, -0.25) is 4.21 Å². The van der Waals surface area contributed by atoms with Gasteiger partial charge in [-0.15, -0.1) is 0 Å². The molecule has 1 aromatic rings. The molecule has 0 aliphatic heterocycles. The zero-order valence-corrected chi connectivity index (χ0v) is 9.76. The van der Waals surface area contributed by atoms with Crippen molar-refractivity contribution >= 4 is 16.8 Å². The molecule has 15 heavy (non-hydrogen) atoms. The predicted octanol–water partition coefficient (Wildman–Crippen LogP) is 1.94. The summed E-state index contributed by atoms with van der Waals surface area (Å²) in [4.78, 5) is 10.6. The molecule has 5 heteroatoms. The number of furan rings is 1. The molecule has 1 unspecified atom stereocenters. The first kappa shape index (κ1) is 12.0. The average Bonchev–Trinajstić information content (AvgIpc) is 2.47. The molecule has 0 aliphatic rings. The molecular weight excluding hydrogens is 216 g/mol. The van der Waals surface area contributed by atoms with Crippen LogP contribution in [-0.4, -0.2) is 20.5 Å². The van der Waals surface area contributed by atoms with Crippen LogP contribution in [0.2, 0.25) is 0 Å². The van der Waals surface area contributed by atoms with E-state index in [1.165, 1.54) is 6.07 Å². The van der Waals surface area contributed by atoms with Crippen molar-refractivity contribution < 1.29 is 18.5 Å². The van der Waals surface area contributed by atoms with Crippen LogP contribution in [-0.2, 0) is 16.6 Å². The van der Waals surface area contributed by atoms with Gasteiger partial charge in [-0.1, -0.05) is 13.8 Å². The van der Waals surface area contributed by atoms with Crippen molar-refractivity contribution in [3.63, 3.8) is 0 Å². The van der Waals surface area contributed by atoms with Gasteiger partial charge in [0.2, 0.25) is 5.76 Å². The van der Waals surface area contributed by atoms with Crippen LogP contribution in [0.25, 0.3) is 0 Å². The van der Waals surface area contributed by atoms with E-state index >= 15 is 0 Å². The summed E-state index contributed by atoms with van der Waals surface area (Å²) in [5.74, 6) is -0.315. The Kier molecular flexibility index (Phi) is 3.68. The molecule has 1 heterocycles. The monoisotopic (exact) mass is 230 g/mol. The quantitative estimate of drug-likeness (QED) is 0.858. The van der Waals surface area contributed by atoms with Crippen LogP contribution < -0.4 is 0 Å². The number of carbonyl (C=O) groups is 1. The van der Waals surface area contributed by atoms with Crippen molar-refractivity contribution in [1.82, 2.24) is 0 Å². The van der Waals surface area contributed by atoms with Crippen molar-refractivity contribution in [3.05, 3.63) is 23.2 Å². The van der Waals surface area contributed by atoms with E-state index in [0.717, 1.165) is 0 Å². The molecule has 0 bridgehead atoms. The summed E-state index contributed by atoms with van der Waals surface area (Å²) in [5, 5.41) is 8.76. The summed E-state index contributed by atoms with van der Waals surface area (Å²) < 4.78 is 16.6. The lowest BCUT2D eigenvalue weighted by molar-refractivity contribution is 0.0661. The summed E-state index contributed by atoms with van der Waals surface area (Å²) in [7, 11) is -0.986. The Bertz CT molecular complexity index is 392. The Labute approximate surface area is 90.7 Å². The molecule has 1 aromatic heterocycles. The van der Waals surface area contributed by atoms with Crippen LogP contribution in [0, 0.1) is 6.92 Å². The van der Waals surface area contributed by atoms with Crippen LogP contribution in [0.1, 0.15) is 35.7 Å². The van der Waals surface area contributed by atoms with E-state index in [-0.39, 0.29) is 11.0 Å². The maximum absolute atomic E-state index is 11.6. The number of hydrogen-bond donors (Lipinski definition) is 1. The fourth-order valence-electron chi connectivity index (χ4n) is 1.09. The van der Waals surface area contributed by atoms with Crippen LogP contribution in [0.15, 0.2) is 10.5 Å². The molecule has 1 rings (SSSR count). The first-order valence-electron chi connectivity index (χ1n) is 4.61. The van der Waals surface area contributed by atoms with Gasteiger partial charge in [-0.05, 0) is 13.0 Å². The van der Waals surface area contributed by atoms with E-state index < -0.39 is 16.8 Å². The topological polar surface area (TPSA) is 67.5 Å². The first-order valence-corrected chi connectivity index (χ1v) is 5.99. The van der Waals surface area contributed by atoms with Crippen LogP contribution in [0.4, 0.5) is 0 Å². The Balaban J connectivity index is 2.86. The predicted molar refractivity (Wildman–Crippen MR) is 57.4 cm³/mol. The summed E-state index contributed by atoms with van der Waals surface area (Å²) in [6.45, 7) is 5.41. The minimum atomic E-state index is -1.10. The number of aryl methyl sites for hydroxylation is 1. The molecular formula is C10H14O4S. The van der Waals surface area contributed by atoms with E-state index in [9.17, 15) is 9.00 Å². The molecule has 0 radical (unpaired) electrons. The highest BCUT2D eigenvalue weighted by Gasteiger charge is 2.15. The number of hydrogen-bond acceptors (Lipinski definition) is 3. The van der Waals surface area contributed by atoms with Crippen molar-refractivity contribution in [3.8, 4) is 0 Å².